The molecule has 0 spiro atoms. The number of hydrogen-bond acceptors (Lipinski definition) is 4. The van der Waals surface area contributed by atoms with Crippen molar-refractivity contribution < 1.29 is 19.4 Å². The molecule has 0 fully saturated rings. The number of benzene rings is 2. The van der Waals surface area contributed by atoms with Gasteiger partial charge in [0.1, 0.15) is 0 Å². The first-order chi connectivity index (χ1) is 14.0. The first kappa shape index (κ1) is 20.6. The molecule has 0 bridgehead atoms. The molecule has 0 unspecified atom stereocenters. The van der Waals surface area contributed by atoms with Crippen LogP contribution in [-0.4, -0.2) is 17.2 Å². The molecule has 5 nitrogen and oxygen atoms in total. The van der Waals surface area contributed by atoms with Crippen molar-refractivity contribution in [3.05, 3.63) is 71.8 Å². The average molecular weight is 410 g/mol. The molecule has 0 aliphatic heterocycles. The van der Waals surface area contributed by atoms with Gasteiger partial charge in [-0.2, -0.15) is 0 Å². The van der Waals surface area contributed by atoms with Crippen LogP contribution in [0.25, 0.3) is 10.4 Å². The van der Waals surface area contributed by atoms with E-state index in [1.807, 2.05) is 74.5 Å². The third-order valence-corrected chi connectivity index (χ3v) is 5.49. The second-order valence-electron chi connectivity index (χ2n) is 6.73. The van der Waals surface area contributed by atoms with Gasteiger partial charge in [0.2, 0.25) is 11.0 Å². The van der Waals surface area contributed by atoms with E-state index in [1.165, 1.54) is 11.3 Å². The Morgan fingerprint density at radius 2 is 1.76 bits per heavy atom. The predicted octanol–water partition coefficient (Wildman–Crippen LogP) is 6.11. The quantitative estimate of drug-likeness (QED) is 0.478. The smallest absolute Gasteiger partial charge is 0.449 e. The van der Waals surface area contributed by atoms with Crippen LogP contribution in [0.1, 0.15) is 30.9 Å². The van der Waals surface area contributed by atoms with Gasteiger partial charge in [-0.25, -0.2) is 4.79 Å². The van der Waals surface area contributed by atoms with E-state index >= 15 is 0 Å². The van der Waals surface area contributed by atoms with Gasteiger partial charge < -0.3 is 14.7 Å². The summed E-state index contributed by atoms with van der Waals surface area (Å²) in [7, 11) is 0. The lowest BCUT2D eigenvalue weighted by Gasteiger charge is -2.22. The van der Waals surface area contributed by atoms with E-state index in [4.69, 9.17) is 4.74 Å². The number of amides is 1. The summed E-state index contributed by atoms with van der Waals surface area (Å²) in [6.45, 7) is 4.30. The van der Waals surface area contributed by atoms with E-state index in [2.05, 4.69) is 0 Å². The highest BCUT2D eigenvalue weighted by atomic mass is 32.1. The summed E-state index contributed by atoms with van der Waals surface area (Å²) in [5.74, 6) is -0.0688. The third kappa shape index (κ3) is 5.23. The first-order valence-electron chi connectivity index (χ1n) is 9.44. The molecule has 0 atom stereocenters. The maximum Gasteiger partial charge on any atom is 0.512 e. The number of carboxylic acid groups (broad SMARTS) is 1. The molecule has 0 aliphatic carbocycles. The maximum atomic E-state index is 12.9. The summed E-state index contributed by atoms with van der Waals surface area (Å²) in [6.07, 6.45) is -0.325. The van der Waals surface area contributed by atoms with E-state index in [0.717, 1.165) is 21.6 Å². The molecule has 29 heavy (non-hydrogen) atoms. The molecule has 150 valence electrons. The van der Waals surface area contributed by atoms with Crippen LogP contribution in [0, 0.1) is 6.92 Å². The third-order valence-electron chi connectivity index (χ3n) is 4.43. The van der Waals surface area contributed by atoms with Crippen LogP contribution in [0.3, 0.4) is 0 Å². The number of ether oxygens (including phenoxy) is 1. The first-order valence-corrected chi connectivity index (χ1v) is 10.3. The molecule has 0 saturated carbocycles. The molecule has 0 saturated heterocycles. The van der Waals surface area contributed by atoms with Crippen molar-refractivity contribution >= 4 is 29.1 Å². The molecular formula is C23H23NO4S. The van der Waals surface area contributed by atoms with Gasteiger partial charge in [-0.1, -0.05) is 78.4 Å². The van der Waals surface area contributed by atoms with Gasteiger partial charge in [0.15, 0.2) is 0 Å². The number of thiophene rings is 1. The number of carbonyl (C=O) groups excluding carboxylic acids is 1. The molecule has 6 heteroatoms. The number of nitrogens with zero attached hydrogens (tertiary/aromatic N) is 1. The zero-order valence-electron chi connectivity index (χ0n) is 16.4. The fourth-order valence-corrected chi connectivity index (χ4v) is 3.99. The Hall–Kier alpha value is -3.12. The highest BCUT2D eigenvalue weighted by Gasteiger charge is 2.24. The molecular weight excluding hydrogens is 386 g/mol. The Morgan fingerprint density at radius 3 is 2.38 bits per heavy atom. The van der Waals surface area contributed by atoms with Crippen molar-refractivity contribution in [1.82, 2.24) is 0 Å². The lowest BCUT2D eigenvalue weighted by molar-refractivity contribution is -0.118. The van der Waals surface area contributed by atoms with E-state index in [-0.39, 0.29) is 11.0 Å². The number of carbonyl (C=O) groups is 2. The SMILES string of the molecule is CCCC(=O)N(Cc1ccc(C)cc1)c1cc(-c2ccccc2)sc1OC(=O)O. The van der Waals surface area contributed by atoms with Crippen molar-refractivity contribution in [3.8, 4) is 15.5 Å². The van der Waals surface area contributed by atoms with Gasteiger partial charge in [0.05, 0.1) is 12.2 Å². The van der Waals surface area contributed by atoms with E-state index < -0.39 is 6.16 Å². The Kier molecular flexibility index (Phi) is 6.67. The molecule has 0 aliphatic rings. The van der Waals surface area contributed by atoms with Crippen LogP contribution >= 0.6 is 11.3 Å². The summed E-state index contributed by atoms with van der Waals surface area (Å²) in [6, 6.07) is 19.4. The Morgan fingerprint density at radius 1 is 1.07 bits per heavy atom. The van der Waals surface area contributed by atoms with Crippen molar-refractivity contribution in [3.63, 3.8) is 0 Å². The topological polar surface area (TPSA) is 66.8 Å². The Balaban J connectivity index is 2.04. The summed E-state index contributed by atoms with van der Waals surface area (Å²) < 4.78 is 5.05. The minimum Gasteiger partial charge on any atom is -0.449 e. The Labute approximate surface area is 174 Å². The Bertz CT molecular complexity index is 980. The van der Waals surface area contributed by atoms with Gasteiger partial charge in [-0.05, 0) is 30.5 Å². The molecule has 0 radical (unpaired) electrons. The highest BCUT2D eigenvalue weighted by Crippen LogP contribution is 2.43. The monoisotopic (exact) mass is 409 g/mol. The van der Waals surface area contributed by atoms with Crippen molar-refractivity contribution in [2.45, 2.75) is 33.2 Å². The predicted molar refractivity (Wildman–Crippen MR) is 116 cm³/mol. The summed E-state index contributed by atoms with van der Waals surface area (Å²) in [4.78, 5) is 26.7. The van der Waals surface area contributed by atoms with Crippen LogP contribution in [-0.2, 0) is 11.3 Å². The molecule has 1 N–H and O–H groups in total. The van der Waals surface area contributed by atoms with E-state index in [0.29, 0.717) is 25.1 Å². The van der Waals surface area contributed by atoms with Gasteiger partial charge in [0.25, 0.3) is 0 Å². The molecule has 1 aromatic heterocycles. The normalized spacial score (nSPS) is 10.6. The largest absolute Gasteiger partial charge is 0.512 e. The van der Waals surface area contributed by atoms with Gasteiger partial charge in [-0.3, -0.25) is 4.79 Å². The summed E-state index contributed by atoms with van der Waals surface area (Å²) in [5.41, 5.74) is 3.53. The highest BCUT2D eigenvalue weighted by molar-refractivity contribution is 7.18. The van der Waals surface area contributed by atoms with E-state index in [9.17, 15) is 14.7 Å². The van der Waals surface area contributed by atoms with Gasteiger partial charge in [-0.15, -0.1) is 0 Å². The van der Waals surface area contributed by atoms with Crippen LogP contribution in [0.15, 0.2) is 60.7 Å². The van der Waals surface area contributed by atoms with Gasteiger partial charge >= 0.3 is 6.16 Å². The zero-order valence-corrected chi connectivity index (χ0v) is 17.2. The number of rotatable bonds is 7. The molecule has 3 rings (SSSR count). The zero-order chi connectivity index (χ0) is 20.8. The number of aryl methyl sites for hydroxylation is 1. The second kappa shape index (κ2) is 9.39. The fourth-order valence-electron chi connectivity index (χ4n) is 2.98. The minimum atomic E-state index is -1.40. The van der Waals surface area contributed by atoms with Crippen LogP contribution in [0.2, 0.25) is 0 Å². The average Bonchev–Trinajstić information content (AvgIpc) is 3.11. The number of hydrogen-bond donors (Lipinski definition) is 1. The van der Waals surface area contributed by atoms with E-state index in [1.54, 1.807) is 4.90 Å². The van der Waals surface area contributed by atoms with Crippen LogP contribution in [0.4, 0.5) is 10.5 Å². The van der Waals surface area contributed by atoms with Crippen LogP contribution < -0.4 is 9.64 Å². The lowest BCUT2D eigenvalue weighted by Crippen LogP contribution is -2.30. The fraction of sp³-hybridized carbons (Fsp3) is 0.217. The molecule has 2 aromatic carbocycles. The standard InChI is InChI=1S/C23H23NO4S/c1-3-7-21(25)24(15-17-12-10-16(2)11-13-17)19-14-20(18-8-5-4-6-9-18)29-22(19)28-23(26)27/h4-6,8-14H,3,7,15H2,1-2H3,(H,26,27). The minimum absolute atomic E-state index is 0.0688. The number of anilines is 1. The van der Waals surface area contributed by atoms with Crippen molar-refractivity contribution in [2.24, 2.45) is 0 Å². The van der Waals surface area contributed by atoms with Crippen molar-refractivity contribution in [1.29, 1.82) is 0 Å². The van der Waals surface area contributed by atoms with Crippen molar-refractivity contribution in [2.75, 3.05) is 4.90 Å². The van der Waals surface area contributed by atoms with Gasteiger partial charge in [0, 0.05) is 11.3 Å². The summed E-state index contributed by atoms with van der Waals surface area (Å²) in [5, 5.41) is 9.40. The maximum absolute atomic E-state index is 12.9. The second-order valence-corrected chi connectivity index (χ2v) is 7.75. The lowest BCUT2D eigenvalue weighted by atomic mass is 10.1. The molecule has 3 aromatic rings. The van der Waals surface area contributed by atoms with Crippen LogP contribution in [0.5, 0.6) is 5.06 Å². The molecule has 1 amide bonds. The molecule has 1 heterocycles. The summed E-state index contributed by atoms with van der Waals surface area (Å²) >= 11 is 1.22.